The number of hydrogen-bond acceptors (Lipinski definition) is 3. The fraction of sp³-hybridized carbons (Fsp3) is 0.889. The minimum atomic E-state index is -0.350. The molecule has 4 heteroatoms. The monoisotopic (exact) mass is 185 g/mol. The zero-order chi connectivity index (χ0) is 9.31. The Morgan fingerprint density at radius 3 is 3.00 bits per heavy atom. The van der Waals surface area contributed by atoms with Crippen LogP contribution in [-0.4, -0.2) is 31.5 Å². The molecular formula is C9H15NO3. The third-order valence-electron chi connectivity index (χ3n) is 2.93. The van der Waals surface area contributed by atoms with Gasteiger partial charge in [-0.05, 0) is 19.8 Å². The molecule has 2 saturated heterocycles. The highest BCUT2D eigenvalue weighted by atomic mass is 16.6. The zero-order valence-electron chi connectivity index (χ0n) is 7.84. The minimum Gasteiger partial charge on any atom is -0.441 e. The molecule has 13 heavy (non-hydrogen) atoms. The Balaban J connectivity index is 2.01. The van der Waals surface area contributed by atoms with Gasteiger partial charge in [0.15, 0.2) is 0 Å². The SMILES string of the molecule is CC1(C2CCCOC2)CNC(=O)O1. The molecule has 0 bridgehead atoms. The first-order chi connectivity index (χ1) is 6.21. The van der Waals surface area contributed by atoms with Crippen molar-refractivity contribution in [2.45, 2.75) is 25.4 Å². The summed E-state index contributed by atoms with van der Waals surface area (Å²) in [6, 6.07) is 0. The summed E-state index contributed by atoms with van der Waals surface area (Å²) in [5.41, 5.74) is -0.350. The van der Waals surface area contributed by atoms with Gasteiger partial charge in [-0.25, -0.2) is 4.79 Å². The number of ether oxygens (including phenoxy) is 2. The average molecular weight is 185 g/mol. The molecule has 2 fully saturated rings. The van der Waals surface area contributed by atoms with Gasteiger partial charge in [0.1, 0.15) is 5.60 Å². The second kappa shape index (κ2) is 3.18. The van der Waals surface area contributed by atoms with Crippen molar-refractivity contribution in [2.24, 2.45) is 5.92 Å². The fourth-order valence-corrected chi connectivity index (χ4v) is 1.98. The zero-order valence-corrected chi connectivity index (χ0v) is 7.84. The number of hydrogen-bond donors (Lipinski definition) is 1. The molecule has 1 amide bonds. The Hall–Kier alpha value is -0.770. The first kappa shape index (κ1) is 8.81. The van der Waals surface area contributed by atoms with Crippen LogP contribution in [0.3, 0.4) is 0 Å². The molecule has 0 aromatic rings. The molecule has 2 atom stereocenters. The first-order valence-electron chi connectivity index (χ1n) is 4.75. The summed E-state index contributed by atoms with van der Waals surface area (Å²) in [7, 11) is 0. The van der Waals surface area contributed by atoms with E-state index < -0.39 is 0 Å². The highest BCUT2D eigenvalue weighted by Gasteiger charge is 2.43. The molecule has 74 valence electrons. The van der Waals surface area contributed by atoms with Gasteiger partial charge >= 0.3 is 6.09 Å². The molecule has 2 aliphatic heterocycles. The molecule has 2 aliphatic rings. The van der Waals surface area contributed by atoms with Crippen molar-refractivity contribution >= 4 is 6.09 Å². The van der Waals surface area contributed by atoms with Gasteiger partial charge in [-0.3, -0.25) is 0 Å². The topological polar surface area (TPSA) is 47.6 Å². The minimum absolute atomic E-state index is 0.298. The molecule has 0 spiro atoms. The number of alkyl carbamates (subject to hydrolysis) is 1. The molecule has 0 saturated carbocycles. The molecule has 4 nitrogen and oxygen atoms in total. The second-order valence-corrected chi connectivity index (χ2v) is 3.97. The lowest BCUT2D eigenvalue weighted by molar-refractivity contribution is -0.0495. The van der Waals surface area contributed by atoms with Crippen molar-refractivity contribution in [3.8, 4) is 0 Å². The quantitative estimate of drug-likeness (QED) is 0.660. The largest absolute Gasteiger partial charge is 0.441 e. The van der Waals surface area contributed by atoms with Crippen molar-refractivity contribution in [3.05, 3.63) is 0 Å². The molecular weight excluding hydrogens is 170 g/mol. The van der Waals surface area contributed by atoms with E-state index in [1.54, 1.807) is 0 Å². The van der Waals surface area contributed by atoms with E-state index in [2.05, 4.69) is 5.32 Å². The van der Waals surface area contributed by atoms with E-state index in [0.717, 1.165) is 19.4 Å². The molecule has 2 unspecified atom stereocenters. The Kier molecular flexibility index (Phi) is 2.15. The summed E-state index contributed by atoms with van der Waals surface area (Å²) in [5, 5.41) is 2.69. The lowest BCUT2D eigenvalue weighted by Gasteiger charge is -2.33. The third-order valence-corrected chi connectivity index (χ3v) is 2.93. The third kappa shape index (κ3) is 1.63. The summed E-state index contributed by atoms with van der Waals surface area (Å²) in [4.78, 5) is 10.9. The van der Waals surface area contributed by atoms with Crippen LogP contribution in [-0.2, 0) is 9.47 Å². The van der Waals surface area contributed by atoms with Crippen molar-refractivity contribution < 1.29 is 14.3 Å². The number of rotatable bonds is 1. The molecule has 0 aromatic heterocycles. The normalized spacial score (nSPS) is 39.8. The van der Waals surface area contributed by atoms with E-state index in [9.17, 15) is 4.79 Å². The Labute approximate surface area is 77.6 Å². The Morgan fingerprint density at radius 1 is 1.62 bits per heavy atom. The highest BCUT2D eigenvalue weighted by Crippen LogP contribution is 2.31. The van der Waals surface area contributed by atoms with E-state index >= 15 is 0 Å². The number of amides is 1. The van der Waals surface area contributed by atoms with Gasteiger partial charge in [0, 0.05) is 12.5 Å². The van der Waals surface area contributed by atoms with E-state index in [4.69, 9.17) is 9.47 Å². The van der Waals surface area contributed by atoms with Gasteiger partial charge < -0.3 is 14.8 Å². The average Bonchev–Trinajstić information content (AvgIpc) is 2.49. The van der Waals surface area contributed by atoms with Crippen LogP contribution < -0.4 is 5.32 Å². The van der Waals surface area contributed by atoms with Gasteiger partial charge in [-0.2, -0.15) is 0 Å². The molecule has 1 N–H and O–H groups in total. The molecule has 0 radical (unpaired) electrons. The predicted molar refractivity (Wildman–Crippen MR) is 46.4 cm³/mol. The summed E-state index contributed by atoms with van der Waals surface area (Å²) in [6.07, 6.45) is 1.86. The Bertz CT molecular complexity index is 213. The molecule has 2 heterocycles. The summed E-state index contributed by atoms with van der Waals surface area (Å²) < 4.78 is 10.6. The van der Waals surface area contributed by atoms with Crippen molar-refractivity contribution in [1.29, 1.82) is 0 Å². The number of nitrogens with one attached hydrogen (secondary N) is 1. The van der Waals surface area contributed by atoms with E-state index in [0.29, 0.717) is 19.1 Å². The first-order valence-corrected chi connectivity index (χ1v) is 4.75. The predicted octanol–water partition coefficient (Wildman–Crippen LogP) is 0.911. The van der Waals surface area contributed by atoms with Crippen LogP contribution in [0.2, 0.25) is 0 Å². The maximum absolute atomic E-state index is 10.9. The van der Waals surface area contributed by atoms with Crippen LogP contribution >= 0.6 is 0 Å². The second-order valence-electron chi connectivity index (χ2n) is 3.97. The smallest absolute Gasteiger partial charge is 0.407 e. The summed E-state index contributed by atoms with van der Waals surface area (Å²) in [6.45, 7) is 4.14. The van der Waals surface area contributed by atoms with E-state index in [1.165, 1.54) is 0 Å². The summed E-state index contributed by atoms with van der Waals surface area (Å²) >= 11 is 0. The standard InChI is InChI=1S/C9H15NO3/c1-9(6-10-8(11)13-9)7-3-2-4-12-5-7/h7H,2-6H2,1H3,(H,10,11). The van der Waals surface area contributed by atoms with Crippen molar-refractivity contribution in [2.75, 3.05) is 19.8 Å². The van der Waals surface area contributed by atoms with Crippen LogP contribution in [0, 0.1) is 5.92 Å². The van der Waals surface area contributed by atoms with Crippen LogP contribution in [0.1, 0.15) is 19.8 Å². The lowest BCUT2D eigenvalue weighted by Crippen LogP contribution is -2.42. The van der Waals surface area contributed by atoms with Gasteiger partial charge in [0.05, 0.1) is 13.2 Å². The van der Waals surface area contributed by atoms with Gasteiger partial charge in [-0.1, -0.05) is 0 Å². The Morgan fingerprint density at radius 2 is 2.46 bits per heavy atom. The molecule has 2 rings (SSSR count). The van der Waals surface area contributed by atoms with Crippen molar-refractivity contribution in [1.82, 2.24) is 5.32 Å². The van der Waals surface area contributed by atoms with Gasteiger partial charge in [-0.15, -0.1) is 0 Å². The van der Waals surface area contributed by atoms with E-state index in [1.807, 2.05) is 6.92 Å². The van der Waals surface area contributed by atoms with Crippen LogP contribution in [0.15, 0.2) is 0 Å². The molecule has 0 aromatic carbocycles. The number of carbonyl (C=O) groups excluding carboxylic acids is 1. The van der Waals surface area contributed by atoms with E-state index in [-0.39, 0.29) is 11.7 Å². The molecule has 0 aliphatic carbocycles. The van der Waals surface area contributed by atoms with Gasteiger partial charge in [0.25, 0.3) is 0 Å². The van der Waals surface area contributed by atoms with Crippen LogP contribution in [0.4, 0.5) is 4.79 Å². The maximum Gasteiger partial charge on any atom is 0.407 e. The highest BCUT2D eigenvalue weighted by molar-refractivity contribution is 5.70. The van der Waals surface area contributed by atoms with Gasteiger partial charge in [0.2, 0.25) is 0 Å². The lowest BCUT2D eigenvalue weighted by atomic mass is 9.85. The van der Waals surface area contributed by atoms with Crippen LogP contribution in [0.25, 0.3) is 0 Å². The van der Waals surface area contributed by atoms with Crippen LogP contribution in [0.5, 0.6) is 0 Å². The summed E-state index contributed by atoms with van der Waals surface area (Å²) in [5.74, 6) is 0.347. The number of cyclic esters (lactones) is 1. The number of carbonyl (C=O) groups is 1. The fourth-order valence-electron chi connectivity index (χ4n) is 1.98. The maximum atomic E-state index is 10.9. The van der Waals surface area contributed by atoms with Crippen molar-refractivity contribution in [3.63, 3.8) is 0 Å².